The lowest BCUT2D eigenvalue weighted by atomic mass is 10.1. The van der Waals surface area contributed by atoms with Gasteiger partial charge in [0.05, 0.1) is 38.1 Å². The van der Waals surface area contributed by atoms with Gasteiger partial charge in [-0.1, -0.05) is 12.1 Å². The number of para-hydroxylation sites is 1. The van der Waals surface area contributed by atoms with Crippen molar-refractivity contribution in [3.05, 3.63) is 65.0 Å². The first-order valence-electron chi connectivity index (χ1n) is 10.1. The maximum atomic E-state index is 13.1. The molecule has 0 saturated heterocycles. The highest BCUT2D eigenvalue weighted by atomic mass is 32.1. The van der Waals surface area contributed by atoms with Crippen molar-refractivity contribution in [3.8, 4) is 11.5 Å². The SMILES string of the molecule is Cc1nn(C)c2nc(-c3ccco3)cc(C(=O)NCCCc3nc4ccccc4s3)c12. The zero-order chi connectivity index (χ0) is 21.4. The normalized spacial score (nSPS) is 11.4. The Morgan fingerprint density at radius 3 is 2.87 bits per heavy atom. The van der Waals surface area contributed by atoms with Crippen LogP contribution < -0.4 is 5.32 Å². The molecular formula is C23H21N5O2S. The smallest absolute Gasteiger partial charge is 0.252 e. The molecule has 1 amide bonds. The summed E-state index contributed by atoms with van der Waals surface area (Å²) < 4.78 is 8.38. The van der Waals surface area contributed by atoms with Gasteiger partial charge in [0.1, 0.15) is 5.69 Å². The van der Waals surface area contributed by atoms with Crippen molar-refractivity contribution in [3.63, 3.8) is 0 Å². The number of fused-ring (bicyclic) bond motifs is 2. The molecule has 4 aromatic heterocycles. The number of hydrogen-bond acceptors (Lipinski definition) is 6. The minimum Gasteiger partial charge on any atom is -0.463 e. The van der Waals surface area contributed by atoms with E-state index in [4.69, 9.17) is 4.42 Å². The molecule has 5 aromatic rings. The van der Waals surface area contributed by atoms with E-state index in [-0.39, 0.29) is 5.91 Å². The van der Waals surface area contributed by atoms with E-state index in [2.05, 4.69) is 26.4 Å². The second-order valence-electron chi connectivity index (χ2n) is 7.37. The fourth-order valence-electron chi connectivity index (χ4n) is 3.74. The Labute approximate surface area is 182 Å². The zero-order valence-electron chi connectivity index (χ0n) is 17.3. The molecule has 5 rings (SSSR count). The molecule has 1 aromatic carbocycles. The number of carbonyl (C=O) groups is 1. The highest BCUT2D eigenvalue weighted by Gasteiger charge is 2.19. The lowest BCUT2D eigenvalue weighted by Crippen LogP contribution is -2.25. The third-order valence-electron chi connectivity index (χ3n) is 5.18. The van der Waals surface area contributed by atoms with E-state index in [1.165, 1.54) is 4.70 Å². The summed E-state index contributed by atoms with van der Waals surface area (Å²) in [4.78, 5) is 22.4. The molecule has 8 heteroatoms. The number of carbonyl (C=O) groups excluding carboxylic acids is 1. The van der Waals surface area contributed by atoms with Crippen LogP contribution in [0.4, 0.5) is 0 Å². The van der Waals surface area contributed by atoms with Gasteiger partial charge < -0.3 is 9.73 Å². The third-order valence-corrected chi connectivity index (χ3v) is 6.27. The van der Waals surface area contributed by atoms with Gasteiger partial charge >= 0.3 is 0 Å². The molecule has 0 aliphatic heterocycles. The standard InChI is InChI=1S/C23H21N5O2S/c1-14-21-15(13-17(18-8-6-12-30-18)26-22(21)28(2)27-14)23(29)24-11-5-10-20-25-16-7-3-4-9-19(16)31-20/h3-4,6-9,12-13H,5,10-11H2,1-2H3,(H,24,29). The van der Waals surface area contributed by atoms with Crippen LogP contribution in [0.3, 0.4) is 0 Å². The summed E-state index contributed by atoms with van der Waals surface area (Å²) in [6.07, 6.45) is 3.24. The Balaban J connectivity index is 1.34. The van der Waals surface area contributed by atoms with Gasteiger partial charge in [-0.25, -0.2) is 9.97 Å². The quantitative estimate of drug-likeness (QED) is 0.400. The van der Waals surface area contributed by atoms with Crippen LogP contribution in [0, 0.1) is 6.92 Å². The van der Waals surface area contributed by atoms with Gasteiger partial charge in [-0.15, -0.1) is 11.3 Å². The van der Waals surface area contributed by atoms with E-state index in [0.29, 0.717) is 29.2 Å². The van der Waals surface area contributed by atoms with Gasteiger partial charge in [0.2, 0.25) is 0 Å². The predicted octanol–water partition coefficient (Wildman–Crippen LogP) is 4.51. The summed E-state index contributed by atoms with van der Waals surface area (Å²) in [6, 6.07) is 13.5. The molecule has 0 atom stereocenters. The van der Waals surface area contributed by atoms with Gasteiger partial charge in [0.25, 0.3) is 5.91 Å². The first kappa shape index (κ1) is 19.4. The van der Waals surface area contributed by atoms with E-state index in [1.54, 1.807) is 34.4 Å². The molecule has 0 bridgehead atoms. The van der Waals surface area contributed by atoms with Gasteiger partial charge in [0.15, 0.2) is 11.4 Å². The molecule has 0 aliphatic rings. The molecule has 7 nitrogen and oxygen atoms in total. The van der Waals surface area contributed by atoms with Crippen LogP contribution in [0.1, 0.15) is 27.5 Å². The number of aryl methyl sites for hydroxylation is 3. The van der Waals surface area contributed by atoms with Gasteiger partial charge in [-0.05, 0) is 43.7 Å². The van der Waals surface area contributed by atoms with Crippen LogP contribution in [0.15, 0.2) is 53.1 Å². The summed E-state index contributed by atoms with van der Waals surface area (Å²) in [5.41, 5.74) is 3.63. The summed E-state index contributed by atoms with van der Waals surface area (Å²) in [7, 11) is 1.83. The fourth-order valence-corrected chi connectivity index (χ4v) is 4.75. The minimum atomic E-state index is -0.138. The molecular weight excluding hydrogens is 410 g/mol. The zero-order valence-corrected chi connectivity index (χ0v) is 18.1. The number of amides is 1. The van der Waals surface area contributed by atoms with Crippen LogP contribution >= 0.6 is 11.3 Å². The Kier molecular flexibility index (Phi) is 4.99. The molecule has 0 radical (unpaired) electrons. The van der Waals surface area contributed by atoms with E-state index in [1.807, 2.05) is 38.2 Å². The molecule has 156 valence electrons. The molecule has 0 fully saturated rings. The number of benzene rings is 1. The summed E-state index contributed by atoms with van der Waals surface area (Å²) in [5.74, 6) is 0.478. The van der Waals surface area contributed by atoms with Crippen molar-refractivity contribution in [1.82, 2.24) is 25.1 Å². The average Bonchev–Trinajstić information content (AvgIpc) is 3.50. The number of rotatable bonds is 6. The fraction of sp³-hybridized carbons (Fsp3) is 0.217. The lowest BCUT2D eigenvalue weighted by Gasteiger charge is -2.08. The van der Waals surface area contributed by atoms with Gasteiger partial charge in [0, 0.05) is 20.0 Å². The predicted molar refractivity (Wildman–Crippen MR) is 121 cm³/mol. The maximum Gasteiger partial charge on any atom is 0.252 e. The molecule has 1 N–H and O–H groups in total. The summed E-state index contributed by atoms with van der Waals surface area (Å²) >= 11 is 1.71. The number of furan rings is 1. The lowest BCUT2D eigenvalue weighted by molar-refractivity contribution is 0.0955. The largest absolute Gasteiger partial charge is 0.463 e. The molecule has 4 heterocycles. The van der Waals surface area contributed by atoms with E-state index < -0.39 is 0 Å². The number of thiazole rings is 1. The first-order chi connectivity index (χ1) is 15.1. The van der Waals surface area contributed by atoms with E-state index >= 15 is 0 Å². The third kappa shape index (κ3) is 3.70. The van der Waals surface area contributed by atoms with Crippen LogP contribution in [0.5, 0.6) is 0 Å². The Hall–Kier alpha value is -3.52. The van der Waals surface area contributed by atoms with E-state index in [0.717, 1.165) is 34.4 Å². The Bertz CT molecular complexity index is 1350. The van der Waals surface area contributed by atoms with Crippen LogP contribution in [0.25, 0.3) is 32.7 Å². The van der Waals surface area contributed by atoms with E-state index in [9.17, 15) is 4.79 Å². The summed E-state index contributed by atoms with van der Waals surface area (Å²) in [6.45, 7) is 2.45. The number of nitrogens with one attached hydrogen (secondary N) is 1. The monoisotopic (exact) mass is 431 g/mol. The second-order valence-corrected chi connectivity index (χ2v) is 8.49. The number of pyridine rings is 1. The van der Waals surface area contributed by atoms with Gasteiger partial charge in [-0.2, -0.15) is 5.10 Å². The highest BCUT2D eigenvalue weighted by Crippen LogP contribution is 2.27. The Morgan fingerprint density at radius 1 is 1.19 bits per heavy atom. The average molecular weight is 432 g/mol. The summed E-state index contributed by atoms with van der Waals surface area (Å²) in [5, 5.41) is 9.35. The highest BCUT2D eigenvalue weighted by molar-refractivity contribution is 7.18. The van der Waals surface area contributed by atoms with Gasteiger partial charge in [-0.3, -0.25) is 9.48 Å². The van der Waals surface area contributed by atoms with Crippen molar-refractivity contribution < 1.29 is 9.21 Å². The topological polar surface area (TPSA) is 85.8 Å². The maximum absolute atomic E-state index is 13.1. The van der Waals surface area contributed by atoms with Crippen LogP contribution in [-0.4, -0.2) is 32.2 Å². The number of nitrogens with zero attached hydrogens (tertiary/aromatic N) is 4. The molecule has 0 spiro atoms. The van der Waals surface area contributed by atoms with Crippen LogP contribution in [0.2, 0.25) is 0 Å². The van der Waals surface area contributed by atoms with Crippen molar-refractivity contribution in [2.24, 2.45) is 7.05 Å². The number of hydrogen-bond donors (Lipinski definition) is 1. The first-order valence-corrected chi connectivity index (χ1v) is 10.9. The molecule has 0 unspecified atom stereocenters. The van der Waals surface area contributed by atoms with Crippen LogP contribution in [-0.2, 0) is 13.5 Å². The molecule has 31 heavy (non-hydrogen) atoms. The molecule has 0 aliphatic carbocycles. The second kappa shape index (κ2) is 7.96. The van der Waals surface area contributed by atoms with Crippen molar-refractivity contribution in [1.29, 1.82) is 0 Å². The number of aromatic nitrogens is 4. The van der Waals surface area contributed by atoms with Crippen molar-refractivity contribution >= 4 is 38.5 Å². The minimum absolute atomic E-state index is 0.138. The molecule has 0 saturated carbocycles. The Morgan fingerprint density at radius 2 is 2.06 bits per heavy atom. The van der Waals surface area contributed by atoms with Crippen molar-refractivity contribution in [2.45, 2.75) is 19.8 Å². The van der Waals surface area contributed by atoms with Crippen molar-refractivity contribution in [2.75, 3.05) is 6.54 Å².